The predicted molar refractivity (Wildman–Crippen MR) is 97.2 cm³/mol. The molecule has 1 aliphatic rings. The average Bonchev–Trinajstić information content (AvgIpc) is 3.13. The topological polar surface area (TPSA) is 67.1 Å². The zero-order valence-corrected chi connectivity index (χ0v) is 15.3. The summed E-state index contributed by atoms with van der Waals surface area (Å²) in [5.41, 5.74) is 0.993. The van der Waals surface area contributed by atoms with Crippen LogP contribution in [0.3, 0.4) is 0 Å². The van der Waals surface area contributed by atoms with Gasteiger partial charge in [-0.25, -0.2) is 4.39 Å². The van der Waals surface area contributed by atoms with Gasteiger partial charge >= 0.3 is 0 Å². The summed E-state index contributed by atoms with van der Waals surface area (Å²) in [5, 5.41) is 14.8. The molecule has 124 valence electrons. The van der Waals surface area contributed by atoms with Crippen LogP contribution in [0.4, 0.5) is 4.39 Å². The Balaban J connectivity index is 0.00000192. The Labute approximate surface area is 151 Å². The minimum Gasteiger partial charge on any atom is -0.352 e. The Kier molecular flexibility index (Phi) is 6.31. The van der Waals surface area contributed by atoms with E-state index in [1.807, 2.05) is 0 Å². The Bertz CT molecular complexity index is 667. The quantitative estimate of drug-likeness (QED) is 0.442. The van der Waals surface area contributed by atoms with Gasteiger partial charge in [0.1, 0.15) is 11.6 Å². The van der Waals surface area contributed by atoms with Gasteiger partial charge in [0.05, 0.1) is 6.54 Å². The molecule has 2 aromatic rings. The molecule has 0 spiro atoms. The van der Waals surface area contributed by atoms with Crippen molar-refractivity contribution < 1.29 is 4.39 Å². The molecule has 0 atom stereocenters. The molecule has 1 aliphatic heterocycles. The lowest BCUT2D eigenvalue weighted by Crippen LogP contribution is -2.37. The average molecular weight is 430 g/mol. The lowest BCUT2D eigenvalue weighted by Gasteiger charge is -2.12. The van der Waals surface area contributed by atoms with Crippen molar-refractivity contribution >= 4 is 29.9 Å². The number of benzene rings is 1. The predicted octanol–water partition coefficient (Wildman–Crippen LogP) is 1.85. The number of rotatable bonds is 4. The fourth-order valence-corrected chi connectivity index (χ4v) is 2.51. The van der Waals surface area contributed by atoms with E-state index in [0.717, 1.165) is 36.6 Å². The molecule has 0 amide bonds. The number of aromatic nitrogens is 3. The number of nitrogens with one attached hydrogen (secondary N) is 2. The van der Waals surface area contributed by atoms with Crippen molar-refractivity contribution in [2.45, 2.75) is 32.5 Å². The van der Waals surface area contributed by atoms with Crippen molar-refractivity contribution in [3.05, 3.63) is 47.3 Å². The van der Waals surface area contributed by atoms with Gasteiger partial charge in [-0.1, -0.05) is 12.1 Å². The van der Waals surface area contributed by atoms with Crippen molar-refractivity contribution in [2.75, 3.05) is 7.05 Å². The van der Waals surface area contributed by atoms with E-state index in [1.54, 1.807) is 19.2 Å². The molecule has 0 unspecified atom stereocenters. The third-order valence-corrected chi connectivity index (χ3v) is 3.70. The molecule has 6 nitrogen and oxygen atoms in total. The minimum absolute atomic E-state index is 0. The summed E-state index contributed by atoms with van der Waals surface area (Å²) in [6.07, 6.45) is 2.14. The van der Waals surface area contributed by atoms with Crippen LogP contribution in [0.25, 0.3) is 0 Å². The second kappa shape index (κ2) is 8.23. The summed E-state index contributed by atoms with van der Waals surface area (Å²) in [4.78, 5) is 4.18. The monoisotopic (exact) mass is 430 g/mol. The summed E-state index contributed by atoms with van der Waals surface area (Å²) >= 11 is 0. The smallest absolute Gasteiger partial charge is 0.191 e. The molecular formula is C15H20FIN6. The Morgan fingerprint density at radius 1 is 1.22 bits per heavy atom. The summed E-state index contributed by atoms with van der Waals surface area (Å²) in [6, 6.07) is 6.40. The second-order valence-electron chi connectivity index (χ2n) is 5.19. The standard InChI is InChI=1S/C15H19FN6.HI/c1-17-15(18-9-11-4-6-12(16)7-5-11)19-10-14-21-20-13-3-2-8-22(13)14;/h4-7H,2-3,8-10H2,1H3,(H2,17,18,19);1H. The van der Waals surface area contributed by atoms with Gasteiger partial charge in [0.2, 0.25) is 0 Å². The van der Waals surface area contributed by atoms with Crippen molar-refractivity contribution in [3.63, 3.8) is 0 Å². The summed E-state index contributed by atoms with van der Waals surface area (Å²) < 4.78 is 15.0. The third kappa shape index (κ3) is 4.40. The van der Waals surface area contributed by atoms with Gasteiger partial charge in [0.25, 0.3) is 0 Å². The fraction of sp³-hybridized carbons (Fsp3) is 0.400. The number of hydrogen-bond donors (Lipinski definition) is 2. The van der Waals surface area contributed by atoms with Crippen LogP contribution in [-0.2, 0) is 26.1 Å². The van der Waals surface area contributed by atoms with Gasteiger partial charge in [-0.3, -0.25) is 4.99 Å². The molecule has 2 N–H and O–H groups in total. The van der Waals surface area contributed by atoms with Gasteiger partial charge in [0.15, 0.2) is 11.8 Å². The maximum Gasteiger partial charge on any atom is 0.191 e. The molecule has 0 aliphatic carbocycles. The van der Waals surface area contributed by atoms with E-state index < -0.39 is 0 Å². The summed E-state index contributed by atoms with van der Waals surface area (Å²) in [5.74, 6) is 2.44. The Hall–Kier alpha value is -1.71. The number of guanidine groups is 1. The molecule has 0 bridgehead atoms. The van der Waals surface area contributed by atoms with Gasteiger partial charge in [0, 0.05) is 26.6 Å². The number of fused-ring (bicyclic) bond motifs is 1. The van der Waals surface area contributed by atoms with Crippen LogP contribution in [0, 0.1) is 5.82 Å². The molecule has 0 saturated carbocycles. The van der Waals surface area contributed by atoms with Crippen molar-refractivity contribution in [2.24, 2.45) is 4.99 Å². The van der Waals surface area contributed by atoms with Gasteiger partial charge in [-0.05, 0) is 24.1 Å². The highest BCUT2D eigenvalue weighted by atomic mass is 127. The van der Waals surface area contributed by atoms with Crippen molar-refractivity contribution in [3.8, 4) is 0 Å². The molecule has 23 heavy (non-hydrogen) atoms. The fourth-order valence-electron chi connectivity index (χ4n) is 2.51. The second-order valence-corrected chi connectivity index (χ2v) is 5.19. The van der Waals surface area contributed by atoms with Crippen LogP contribution < -0.4 is 10.6 Å². The Morgan fingerprint density at radius 3 is 2.70 bits per heavy atom. The zero-order valence-electron chi connectivity index (χ0n) is 12.9. The first-order valence-electron chi connectivity index (χ1n) is 7.36. The first-order valence-corrected chi connectivity index (χ1v) is 7.36. The molecule has 0 radical (unpaired) electrons. The number of nitrogens with zero attached hydrogens (tertiary/aromatic N) is 4. The normalized spacial score (nSPS) is 13.4. The van der Waals surface area contributed by atoms with E-state index in [0.29, 0.717) is 19.0 Å². The van der Waals surface area contributed by atoms with Crippen molar-refractivity contribution in [1.82, 2.24) is 25.4 Å². The molecule has 1 aromatic heterocycles. The highest BCUT2D eigenvalue weighted by Gasteiger charge is 2.16. The Morgan fingerprint density at radius 2 is 1.96 bits per heavy atom. The van der Waals surface area contributed by atoms with Crippen LogP contribution in [0.1, 0.15) is 23.6 Å². The van der Waals surface area contributed by atoms with Crippen LogP contribution in [0.15, 0.2) is 29.3 Å². The maximum absolute atomic E-state index is 12.9. The van der Waals surface area contributed by atoms with E-state index in [4.69, 9.17) is 0 Å². The third-order valence-electron chi connectivity index (χ3n) is 3.70. The SMILES string of the molecule is CN=C(NCc1ccc(F)cc1)NCc1nnc2n1CCC2.I. The van der Waals surface area contributed by atoms with Gasteiger partial charge < -0.3 is 15.2 Å². The van der Waals surface area contributed by atoms with E-state index in [-0.39, 0.29) is 29.8 Å². The highest BCUT2D eigenvalue weighted by Crippen LogP contribution is 2.13. The molecule has 8 heteroatoms. The van der Waals surface area contributed by atoms with E-state index in [9.17, 15) is 4.39 Å². The first kappa shape index (κ1) is 17.6. The van der Waals surface area contributed by atoms with E-state index in [1.165, 1.54) is 12.1 Å². The van der Waals surface area contributed by atoms with Gasteiger partial charge in [-0.15, -0.1) is 34.2 Å². The summed E-state index contributed by atoms with van der Waals surface area (Å²) in [7, 11) is 1.72. The maximum atomic E-state index is 12.9. The molecule has 1 aromatic carbocycles. The van der Waals surface area contributed by atoms with Crippen LogP contribution in [-0.4, -0.2) is 27.8 Å². The largest absolute Gasteiger partial charge is 0.352 e. The lowest BCUT2D eigenvalue weighted by molar-refractivity contribution is 0.626. The van der Waals surface area contributed by atoms with Crippen LogP contribution in [0.5, 0.6) is 0 Å². The molecular weight excluding hydrogens is 410 g/mol. The minimum atomic E-state index is -0.230. The van der Waals surface area contributed by atoms with E-state index >= 15 is 0 Å². The lowest BCUT2D eigenvalue weighted by atomic mass is 10.2. The van der Waals surface area contributed by atoms with Crippen LogP contribution >= 0.6 is 24.0 Å². The molecule has 3 rings (SSSR count). The molecule has 0 saturated heterocycles. The molecule has 0 fully saturated rings. The molecule has 2 heterocycles. The van der Waals surface area contributed by atoms with Gasteiger partial charge in [-0.2, -0.15) is 0 Å². The zero-order chi connectivity index (χ0) is 15.4. The first-order chi connectivity index (χ1) is 10.8. The van der Waals surface area contributed by atoms with Crippen LogP contribution in [0.2, 0.25) is 0 Å². The van der Waals surface area contributed by atoms with E-state index in [2.05, 4.69) is 30.4 Å². The number of hydrogen-bond acceptors (Lipinski definition) is 3. The summed E-state index contributed by atoms with van der Waals surface area (Å²) in [6.45, 7) is 2.15. The number of aliphatic imine (C=N–C) groups is 1. The number of aryl methyl sites for hydroxylation is 1. The van der Waals surface area contributed by atoms with Crippen molar-refractivity contribution in [1.29, 1.82) is 0 Å². The highest BCUT2D eigenvalue weighted by molar-refractivity contribution is 14.0. The number of halogens is 2.